The highest BCUT2D eigenvalue weighted by molar-refractivity contribution is 7.12. The maximum Gasteiger partial charge on any atom is 0.238 e. The molecule has 2 rings (SSSR count). The molecule has 1 amide bonds. The summed E-state index contributed by atoms with van der Waals surface area (Å²) in [7, 11) is 0. The Morgan fingerprint density at radius 2 is 2.17 bits per heavy atom. The topological polar surface area (TPSA) is 32.3 Å². The summed E-state index contributed by atoms with van der Waals surface area (Å²) < 4.78 is 0. The Bertz CT molecular complexity index is 427. The summed E-state index contributed by atoms with van der Waals surface area (Å²) in [5, 5.41) is 3.32. The molecule has 0 spiro atoms. The lowest BCUT2D eigenvalue weighted by Crippen LogP contribution is -2.35. The lowest BCUT2D eigenvalue weighted by Gasteiger charge is -2.28. The molecule has 1 aliphatic heterocycles. The van der Waals surface area contributed by atoms with Crippen LogP contribution >= 0.6 is 11.3 Å². The molecular weight excluding hydrogens is 244 g/mol. The van der Waals surface area contributed by atoms with Crippen LogP contribution in [0.3, 0.4) is 0 Å². The number of hydrogen-bond donors (Lipinski definition) is 1. The third-order valence-corrected chi connectivity index (χ3v) is 4.79. The van der Waals surface area contributed by atoms with E-state index in [4.69, 9.17) is 0 Å². The second-order valence-corrected chi connectivity index (χ2v) is 6.82. The molecule has 100 valence electrons. The van der Waals surface area contributed by atoms with Gasteiger partial charge in [-0.3, -0.25) is 10.1 Å². The number of carbonyl (C=O) groups excluding carboxylic acids is 1. The van der Waals surface area contributed by atoms with Crippen molar-refractivity contribution in [3.05, 3.63) is 21.9 Å². The van der Waals surface area contributed by atoms with Gasteiger partial charge in [-0.25, -0.2) is 0 Å². The molecule has 0 aromatic carbocycles. The zero-order valence-electron chi connectivity index (χ0n) is 11.6. The van der Waals surface area contributed by atoms with E-state index in [1.165, 1.54) is 9.75 Å². The Morgan fingerprint density at radius 1 is 1.44 bits per heavy atom. The molecule has 1 fully saturated rings. The number of nitrogens with one attached hydrogen (secondary N) is 1. The molecule has 1 saturated heterocycles. The average Bonchev–Trinajstić information content (AvgIpc) is 2.87. The zero-order chi connectivity index (χ0) is 13.3. The first-order valence-electron chi connectivity index (χ1n) is 6.58. The van der Waals surface area contributed by atoms with E-state index in [1.54, 1.807) is 11.3 Å². The number of hydrogen-bond acceptors (Lipinski definition) is 3. The minimum absolute atomic E-state index is 0.0809. The van der Waals surface area contributed by atoms with Gasteiger partial charge < -0.3 is 4.90 Å². The van der Waals surface area contributed by atoms with E-state index in [0.717, 1.165) is 6.54 Å². The standard InChI is InChI=1S/C14H22N2OS/c1-9(2)10(3)8-16-13(17)7-15-14(16)12-6-5-11(4)18-12/h5-6,9-10,14-15H,7-8H2,1-4H3. The molecule has 0 aliphatic carbocycles. The van der Waals surface area contributed by atoms with Crippen LogP contribution < -0.4 is 5.32 Å². The van der Waals surface area contributed by atoms with E-state index in [-0.39, 0.29) is 12.1 Å². The molecule has 2 atom stereocenters. The van der Waals surface area contributed by atoms with Crippen molar-refractivity contribution in [3.63, 3.8) is 0 Å². The van der Waals surface area contributed by atoms with E-state index < -0.39 is 0 Å². The molecule has 2 heterocycles. The minimum Gasteiger partial charge on any atom is -0.321 e. The minimum atomic E-state index is 0.0809. The Kier molecular flexibility index (Phi) is 4.07. The molecular formula is C14H22N2OS. The van der Waals surface area contributed by atoms with Crippen LogP contribution in [0.4, 0.5) is 0 Å². The molecule has 1 N–H and O–H groups in total. The summed E-state index contributed by atoms with van der Waals surface area (Å²) in [6.45, 7) is 10.0. The first-order chi connectivity index (χ1) is 8.49. The van der Waals surface area contributed by atoms with Crippen molar-refractivity contribution in [1.82, 2.24) is 10.2 Å². The maximum atomic E-state index is 12.0. The van der Waals surface area contributed by atoms with Gasteiger partial charge >= 0.3 is 0 Å². The number of nitrogens with zero attached hydrogens (tertiary/aromatic N) is 1. The van der Waals surface area contributed by atoms with Crippen LogP contribution in [0.25, 0.3) is 0 Å². The predicted molar refractivity (Wildman–Crippen MR) is 75.5 cm³/mol. The molecule has 0 bridgehead atoms. The SMILES string of the molecule is Cc1ccc(C2NCC(=O)N2CC(C)C(C)C)s1. The second kappa shape index (κ2) is 5.41. The Balaban J connectivity index is 2.12. The van der Waals surface area contributed by atoms with Crippen LogP contribution in [0.5, 0.6) is 0 Å². The van der Waals surface area contributed by atoms with Gasteiger partial charge in [0.2, 0.25) is 5.91 Å². The molecule has 3 nitrogen and oxygen atoms in total. The highest BCUT2D eigenvalue weighted by Gasteiger charge is 2.33. The number of thiophene rings is 1. The fourth-order valence-electron chi connectivity index (χ4n) is 2.12. The number of amides is 1. The van der Waals surface area contributed by atoms with Crippen LogP contribution in [0.15, 0.2) is 12.1 Å². The fraction of sp³-hybridized carbons (Fsp3) is 0.643. The van der Waals surface area contributed by atoms with Crippen LogP contribution in [0, 0.1) is 18.8 Å². The smallest absolute Gasteiger partial charge is 0.238 e. The summed E-state index contributed by atoms with van der Waals surface area (Å²) >= 11 is 1.77. The Hall–Kier alpha value is -0.870. The molecule has 2 unspecified atom stereocenters. The van der Waals surface area contributed by atoms with Crippen molar-refractivity contribution < 1.29 is 4.79 Å². The van der Waals surface area contributed by atoms with Crippen molar-refractivity contribution in [2.75, 3.05) is 13.1 Å². The summed E-state index contributed by atoms with van der Waals surface area (Å²) in [5.41, 5.74) is 0. The van der Waals surface area contributed by atoms with Gasteiger partial charge in [0.25, 0.3) is 0 Å². The van der Waals surface area contributed by atoms with Gasteiger partial charge in [-0.15, -0.1) is 11.3 Å². The molecule has 0 radical (unpaired) electrons. The molecule has 1 aromatic rings. The molecule has 1 aromatic heterocycles. The van der Waals surface area contributed by atoms with Gasteiger partial charge in [0.05, 0.1) is 6.54 Å². The molecule has 18 heavy (non-hydrogen) atoms. The van der Waals surface area contributed by atoms with E-state index in [9.17, 15) is 4.79 Å². The van der Waals surface area contributed by atoms with Gasteiger partial charge in [-0.05, 0) is 30.9 Å². The van der Waals surface area contributed by atoms with Gasteiger partial charge in [0, 0.05) is 16.3 Å². The summed E-state index contributed by atoms with van der Waals surface area (Å²) in [5.74, 6) is 1.35. The van der Waals surface area contributed by atoms with Gasteiger partial charge in [0.15, 0.2) is 0 Å². The highest BCUT2D eigenvalue weighted by atomic mass is 32.1. The van der Waals surface area contributed by atoms with E-state index in [2.05, 4.69) is 45.1 Å². The quantitative estimate of drug-likeness (QED) is 0.909. The fourth-order valence-corrected chi connectivity index (χ4v) is 3.09. The Labute approximate surface area is 113 Å². The van der Waals surface area contributed by atoms with Gasteiger partial charge in [0.1, 0.15) is 6.17 Å². The predicted octanol–water partition coefficient (Wildman–Crippen LogP) is 2.78. The average molecular weight is 266 g/mol. The van der Waals surface area contributed by atoms with E-state index >= 15 is 0 Å². The van der Waals surface area contributed by atoms with Crippen LogP contribution in [0.1, 0.15) is 36.7 Å². The second-order valence-electron chi connectivity index (χ2n) is 5.50. The van der Waals surface area contributed by atoms with Crippen LogP contribution in [-0.2, 0) is 4.79 Å². The van der Waals surface area contributed by atoms with Crippen molar-refractivity contribution in [3.8, 4) is 0 Å². The lowest BCUT2D eigenvalue weighted by molar-refractivity contribution is -0.128. The first kappa shape index (κ1) is 13.6. The van der Waals surface area contributed by atoms with Crippen LogP contribution in [-0.4, -0.2) is 23.9 Å². The maximum absolute atomic E-state index is 12.0. The third kappa shape index (κ3) is 2.75. The van der Waals surface area contributed by atoms with Crippen LogP contribution in [0.2, 0.25) is 0 Å². The summed E-state index contributed by atoms with van der Waals surface area (Å²) in [6.07, 6.45) is 0.0809. The number of rotatable bonds is 4. The molecule has 1 aliphatic rings. The van der Waals surface area contributed by atoms with Crippen molar-refractivity contribution in [2.24, 2.45) is 11.8 Å². The summed E-state index contributed by atoms with van der Waals surface area (Å²) in [6, 6.07) is 4.25. The highest BCUT2D eigenvalue weighted by Crippen LogP contribution is 2.29. The third-order valence-electron chi connectivity index (χ3n) is 3.73. The lowest BCUT2D eigenvalue weighted by atomic mass is 9.97. The van der Waals surface area contributed by atoms with E-state index in [1.807, 2.05) is 4.90 Å². The van der Waals surface area contributed by atoms with Crippen molar-refractivity contribution in [2.45, 2.75) is 33.9 Å². The normalized spacial score (nSPS) is 21.9. The molecule has 4 heteroatoms. The molecule has 0 saturated carbocycles. The number of aryl methyl sites for hydroxylation is 1. The number of carbonyl (C=O) groups is 1. The first-order valence-corrected chi connectivity index (χ1v) is 7.40. The van der Waals surface area contributed by atoms with Crippen molar-refractivity contribution in [1.29, 1.82) is 0 Å². The summed E-state index contributed by atoms with van der Waals surface area (Å²) in [4.78, 5) is 16.5. The Morgan fingerprint density at radius 3 is 2.72 bits per heavy atom. The van der Waals surface area contributed by atoms with Crippen molar-refractivity contribution >= 4 is 17.2 Å². The zero-order valence-corrected chi connectivity index (χ0v) is 12.4. The monoisotopic (exact) mass is 266 g/mol. The van der Waals surface area contributed by atoms with E-state index in [0.29, 0.717) is 18.4 Å². The van der Waals surface area contributed by atoms with Gasteiger partial charge in [-0.2, -0.15) is 0 Å². The van der Waals surface area contributed by atoms with Gasteiger partial charge in [-0.1, -0.05) is 20.8 Å². The largest absolute Gasteiger partial charge is 0.321 e.